The monoisotopic (exact) mass is 417 g/mol. The standard InChI is InChI=1S/C22H21Cl2NO3/c1-25-12-16(6-14-4-5-20(23)21(24)10-14)22(26)17(13-25)7-15-8-18(27-2)11-19(9-15)28-3/h4-11H,12-13H2,1-3H3/b16-6+,17-7+. The number of carbonyl (C=O) groups is 1. The average Bonchev–Trinajstić information content (AvgIpc) is 2.68. The number of likely N-dealkylation sites (tertiary alicyclic amines) is 1. The maximum atomic E-state index is 13.1. The molecule has 0 unspecified atom stereocenters. The molecule has 1 saturated heterocycles. The minimum atomic E-state index is 0.0194. The molecule has 2 aromatic carbocycles. The van der Waals surface area contributed by atoms with E-state index in [1.54, 1.807) is 32.4 Å². The Balaban J connectivity index is 1.96. The van der Waals surface area contributed by atoms with Crippen molar-refractivity contribution in [1.29, 1.82) is 0 Å². The van der Waals surface area contributed by atoms with Gasteiger partial charge in [0.15, 0.2) is 5.78 Å². The topological polar surface area (TPSA) is 38.8 Å². The Labute approximate surface area is 175 Å². The number of likely N-dealkylation sites (N-methyl/N-ethyl adjacent to an activating group) is 1. The third-order valence-corrected chi connectivity index (χ3v) is 5.20. The molecule has 4 nitrogen and oxygen atoms in total. The molecule has 0 aliphatic carbocycles. The Morgan fingerprint density at radius 1 is 0.857 bits per heavy atom. The van der Waals surface area contributed by atoms with Crippen LogP contribution in [0, 0.1) is 0 Å². The molecule has 1 fully saturated rings. The van der Waals surface area contributed by atoms with Crippen LogP contribution in [0.1, 0.15) is 11.1 Å². The van der Waals surface area contributed by atoms with Crippen LogP contribution in [-0.2, 0) is 4.79 Å². The summed E-state index contributed by atoms with van der Waals surface area (Å²) in [4.78, 5) is 15.1. The molecule has 0 aromatic heterocycles. The molecule has 1 heterocycles. The maximum Gasteiger partial charge on any atom is 0.187 e. The first-order valence-electron chi connectivity index (χ1n) is 8.72. The van der Waals surface area contributed by atoms with Crippen molar-refractivity contribution in [2.75, 3.05) is 34.4 Å². The van der Waals surface area contributed by atoms with Crippen LogP contribution >= 0.6 is 23.2 Å². The van der Waals surface area contributed by atoms with Crippen molar-refractivity contribution in [3.63, 3.8) is 0 Å². The van der Waals surface area contributed by atoms with E-state index in [0.717, 1.165) is 11.1 Å². The molecule has 0 bridgehead atoms. The van der Waals surface area contributed by atoms with Gasteiger partial charge in [0.2, 0.25) is 0 Å². The summed E-state index contributed by atoms with van der Waals surface area (Å²) in [5, 5.41) is 0.954. The van der Waals surface area contributed by atoms with Gasteiger partial charge in [0, 0.05) is 30.3 Å². The predicted octanol–water partition coefficient (Wildman–Crippen LogP) is 4.99. The van der Waals surface area contributed by atoms with Crippen LogP contribution in [0.5, 0.6) is 11.5 Å². The second kappa shape index (κ2) is 8.82. The van der Waals surface area contributed by atoms with E-state index in [1.807, 2.05) is 37.4 Å². The van der Waals surface area contributed by atoms with Gasteiger partial charge in [-0.2, -0.15) is 0 Å². The molecular weight excluding hydrogens is 397 g/mol. The SMILES string of the molecule is COc1cc(/C=C2\CN(C)C/C(=C\c3ccc(Cl)c(Cl)c3)C2=O)cc(OC)c1. The van der Waals surface area contributed by atoms with Crippen LogP contribution in [0.4, 0.5) is 0 Å². The van der Waals surface area contributed by atoms with Gasteiger partial charge in [0.25, 0.3) is 0 Å². The second-order valence-electron chi connectivity index (χ2n) is 6.66. The van der Waals surface area contributed by atoms with Gasteiger partial charge in [0.05, 0.1) is 24.3 Å². The van der Waals surface area contributed by atoms with Crippen molar-refractivity contribution in [3.8, 4) is 11.5 Å². The van der Waals surface area contributed by atoms with Crippen LogP contribution in [0.2, 0.25) is 10.0 Å². The Morgan fingerprint density at radius 3 is 1.96 bits per heavy atom. The van der Waals surface area contributed by atoms with Crippen LogP contribution in [0.3, 0.4) is 0 Å². The number of ketones is 1. The smallest absolute Gasteiger partial charge is 0.187 e. The van der Waals surface area contributed by atoms with Gasteiger partial charge in [-0.1, -0.05) is 29.3 Å². The summed E-state index contributed by atoms with van der Waals surface area (Å²) in [7, 11) is 5.18. The van der Waals surface area contributed by atoms with Gasteiger partial charge in [-0.05, 0) is 54.6 Å². The summed E-state index contributed by atoms with van der Waals surface area (Å²) in [6.45, 7) is 1.13. The molecule has 28 heavy (non-hydrogen) atoms. The number of hydrogen-bond donors (Lipinski definition) is 0. The van der Waals surface area contributed by atoms with Gasteiger partial charge in [-0.25, -0.2) is 0 Å². The number of halogens is 2. The number of Topliss-reactive ketones (excluding diaryl/α,β-unsaturated/α-hetero) is 1. The quantitative estimate of drug-likeness (QED) is 0.656. The van der Waals surface area contributed by atoms with E-state index in [0.29, 0.717) is 45.8 Å². The van der Waals surface area contributed by atoms with Crippen LogP contribution in [0.25, 0.3) is 12.2 Å². The third kappa shape index (κ3) is 4.76. The van der Waals surface area contributed by atoms with Crippen molar-refractivity contribution in [2.24, 2.45) is 0 Å². The first-order chi connectivity index (χ1) is 13.4. The molecule has 3 rings (SSSR count). The normalized spacial score (nSPS) is 18.0. The summed E-state index contributed by atoms with van der Waals surface area (Å²) < 4.78 is 10.6. The molecule has 146 valence electrons. The van der Waals surface area contributed by atoms with E-state index in [4.69, 9.17) is 32.7 Å². The van der Waals surface area contributed by atoms with E-state index in [2.05, 4.69) is 4.90 Å². The first kappa shape index (κ1) is 20.5. The summed E-state index contributed by atoms with van der Waals surface area (Å²) >= 11 is 12.1. The molecule has 6 heteroatoms. The Kier molecular flexibility index (Phi) is 6.45. The van der Waals surface area contributed by atoms with Gasteiger partial charge in [-0.15, -0.1) is 0 Å². The molecule has 0 radical (unpaired) electrons. The molecule has 2 aromatic rings. The van der Waals surface area contributed by atoms with Crippen molar-refractivity contribution >= 4 is 41.1 Å². The Morgan fingerprint density at radius 2 is 1.43 bits per heavy atom. The molecule has 0 saturated carbocycles. The lowest BCUT2D eigenvalue weighted by molar-refractivity contribution is -0.113. The van der Waals surface area contributed by atoms with Crippen molar-refractivity contribution < 1.29 is 14.3 Å². The molecule has 1 aliphatic heterocycles. The second-order valence-corrected chi connectivity index (χ2v) is 7.47. The summed E-state index contributed by atoms with van der Waals surface area (Å²) in [5.41, 5.74) is 3.10. The molecule has 0 spiro atoms. The number of piperidine rings is 1. The lowest BCUT2D eigenvalue weighted by atomic mass is 9.94. The largest absolute Gasteiger partial charge is 0.497 e. The van der Waals surface area contributed by atoms with E-state index < -0.39 is 0 Å². The molecule has 0 amide bonds. The summed E-state index contributed by atoms with van der Waals surface area (Å²) in [6.07, 6.45) is 3.74. The van der Waals surface area contributed by atoms with Crippen molar-refractivity contribution in [1.82, 2.24) is 4.90 Å². The van der Waals surface area contributed by atoms with E-state index in [1.165, 1.54) is 0 Å². The number of rotatable bonds is 4. The first-order valence-corrected chi connectivity index (χ1v) is 9.47. The van der Waals surface area contributed by atoms with Crippen LogP contribution in [-0.4, -0.2) is 45.0 Å². The van der Waals surface area contributed by atoms with Gasteiger partial charge < -0.3 is 9.47 Å². The zero-order chi connectivity index (χ0) is 20.3. The third-order valence-electron chi connectivity index (χ3n) is 4.46. The fourth-order valence-electron chi connectivity index (χ4n) is 3.13. The van der Waals surface area contributed by atoms with E-state index in [9.17, 15) is 4.79 Å². The lowest BCUT2D eigenvalue weighted by Crippen LogP contribution is -2.34. The number of hydrogen-bond acceptors (Lipinski definition) is 4. The highest BCUT2D eigenvalue weighted by Crippen LogP contribution is 2.28. The Hall–Kier alpha value is -2.27. The van der Waals surface area contributed by atoms with E-state index in [-0.39, 0.29) is 5.78 Å². The number of ether oxygens (including phenoxy) is 2. The number of methoxy groups -OCH3 is 2. The summed E-state index contributed by atoms with van der Waals surface area (Å²) in [6, 6.07) is 10.9. The zero-order valence-electron chi connectivity index (χ0n) is 16.0. The molecule has 1 aliphatic rings. The number of nitrogens with zero attached hydrogens (tertiary/aromatic N) is 1. The van der Waals surface area contributed by atoms with E-state index >= 15 is 0 Å². The van der Waals surface area contributed by atoms with Crippen LogP contribution < -0.4 is 9.47 Å². The summed E-state index contributed by atoms with van der Waals surface area (Å²) in [5.74, 6) is 1.37. The predicted molar refractivity (Wildman–Crippen MR) is 114 cm³/mol. The minimum absolute atomic E-state index is 0.0194. The average molecular weight is 418 g/mol. The Bertz CT molecular complexity index is 944. The lowest BCUT2D eigenvalue weighted by Gasteiger charge is -2.26. The molecule has 0 N–H and O–H groups in total. The van der Waals surface area contributed by atoms with Gasteiger partial charge in [-0.3, -0.25) is 9.69 Å². The van der Waals surface area contributed by atoms with Crippen LogP contribution in [0.15, 0.2) is 47.5 Å². The maximum absolute atomic E-state index is 13.1. The fourth-order valence-corrected chi connectivity index (χ4v) is 3.43. The molecule has 0 atom stereocenters. The van der Waals surface area contributed by atoms with Crippen molar-refractivity contribution in [3.05, 3.63) is 68.7 Å². The number of benzene rings is 2. The fraction of sp³-hybridized carbons (Fsp3) is 0.227. The highest BCUT2D eigenvalue weighted by molar-refractivity contribution is 6.42. The minimum Gasteiger partial charge on any atom is -0.497 e. The van der Waals surface area contributed by atoms with Crippen molar-refractivity contribution in [2.45, 2.75) is 0 Å². The van der Waals surface area contributed by atoms with Gasteiger partial charge >= 0.3 is 0 Å². The highest BCUT2D eigenvalue weighted by Gasteiger charge is 2.24. The van der Waals surface area contributed by atoms with Gasteiger partial charge in [0.1, 0.15) is 11.5 Å². The highest BCUT2D eigenvalue weighted by atomic mass is 35.5. The molecular formula is C22H21Cl2NO3. The number of carbonyl (C=O) groups excluding carboxylic acids is 1. The zero-order valence-corrected chi connectivity index (χ0v) is 17.5.